The van der Waals surface area contributed by atoms with E-state index < -0.39 is 44.5 Å². The zero-order valence-electron chi connectivity index (χ0n) is 10.8. The van der Waals surface area contributed by atoms with Gasteiger partial charge in [-0.05, 0) is 18.6 Å². The minimum absolute atomic E-state index is 0.0532. The first kappa shape index (κ1) is 15.8. The molecule has 0 bridgehead atoms. The number of rotatable bonds is 4. The Kier molecular flexibility index (Phi) is 4.55. The molecule has 9 heteroatoms. The van der Waals surface area contributed by atoms with E-state index >= 15 is 0 Å². The molecule has 1 aliphatic heterocycles. The maximum Gasteiger partial charge on any atom is 0.307 e. The second-order valence-electron chi connectivity index (χ2n) is 4.80. The van der Waals surface area contributed by atoms with Crippen molar-refractivity contribution in [1.29, 1.82) is 0 Å². The topological polar surface area (TPSA) is 95.5 Å². The predicted molar refractivity (Wildman–Crippen MR) is 69.1 cm³/mol. The summed E-state index contributed by atoms with van der Waals surface area (Å²) >= 11 is 0. The number of piperidine rings is 1. The summed E-state index contributed by atoms with van der Waals surface area (Å²) in [4.78, 5) is 9.85. The van der Waals surface area contributed by atoms with Crippen LogP contribution in [0.5, 0.6) is 0 Å². The third kappa shape index (κ3) is 3.55. The van der Waals surface area contributed by atoms with E-state index in [-0.39, 0.29) is 19.5 Å². The second kappa shape index (κ2) is 6.04. The average Bonchev–Trinajstić information content (AvgIpc) is 2.37. The van der Waals surface area contributed by atoms with Crippen LogP contribution < -0.4 is 10.0 Å². The Morgan fingerprint density at radius 2 is 1.90 bits per heavy atom. The average molecular weight is 320 g/mol. The molecule has 1 aliphatic rings. The van der Waals surface area contributed by atoms with Crippen molar-refractivity contribution in [3.63, 3.8) is 0 Å². The SMILES string of the molecule is O=C(O)C1CNCC(NS(=O)(=O)c2c(F)cccc2F)C1. The molecule has 3 N–H and O–H groups in total. The normalized spacial score (nSPS) is 23.0. The van der Waals surface area contributed by atoms with Gasteiger partial charge >= 0.3 is 5.97 Å². The van der Waals surface area contributed by atoms with Gasteiger partial charge in [0.25, 0.3) is 0 Å². The highest BCUT2D eigenvalue weighted by Crippen LogP contribution is 2.20. The summed E-state index contributed by atoms with van der Waals surface area (Å²) in [5, 5.41) is 11.7. The molecule has 0 radical (unpaired) electrons. The second-order valence-corrected chi connectivity index (χ2v) is 6.45. The molecule has 0 aromatic heterocycles. The van der Waals surface area contributed by atoms with Crippen molar-refractivity contribution in [2.75, 3.05) is 13.1 Å². The largest absolute Gasteiger partial charge is 0.481 e. The molecule has 2 unspecified atom stereocenters. The van der Waals surface area contributed by atoms with Crippen molar-refractivity contribution in [2.24, 2.45) is 5.92 Å². The zero-order valence-corrected chi connectivity index (χ0v) is 11.7. The highest BCUT2D eigenvalue weighted by atomic mass is 32.2. The fraction of sp³-hybridized carbons (Fsp3) is 0.417. The predicted octanol–water partition coefficient (Wildman–Crippen LogP) is 0.306. The summed E-state index contributed by atoms with van der Waals surface area (Å²) in [5.41, 5.74) is 0. The zero-order chi connectivity index (χ0) is 15.6. The monoisotopic (exact) mass is 320 g/mol. The van der Waals surface area contributed by atoms with E-state index in [0.29, 0.717) is 0 Å². The highest BCUT2D eigenvalue weighted by molar-refractivity contribution is 7.89. The van der Waals surface area contributed by atoms with Crippen LogP contribution in [0.25, 0.3) is 0 Å². The summed E-state index contributed by atoms with van der Waals surface area (Å²) in [6.07, 6.45) is 0.0532. The van der Waals surface area contributed by atoms with Gasteiger partial charge in [-0.1, -0.05) is 6.07 Å². The van der Waals surface area contributed by atoms with Crippen molar-refractivity contribution in [3.05, 3.63) is 29.8 Å². The number of halogens is 2. The van der Waals surface area contributed by atoms with Crippen molar-refractivity contribution in [3.8, 4) is 0 Å². The van der Waals surface area contributed by atoms with Gasteiger partial charge in [0.15, 0.2) is 4.90 Å². The molecule has 1 aromatic carbocycles. The molecule has 21 heavy (non-hydrogen) atoms. The van der Waals surface area contributed by atoms with Crippen molar-refractivity contribution < 1.29 is 27.1 Å². The molecule has 116 valence electrons. The fourth-order valence-electron chi connectivity index (χ4n) is 2.24. The van der Waals surface area contributed by atoms with Gasteiger partial charge in [0.05, 0.1) is 5.92 Å². The summed E-state index contributed by atoms with van der Waals surface area (Å²) < 4.78 is 53.3. The Bertz CT molecular complexity index is 630. The van der Waals surface area contributed by atoms with Crippen LogP contribution in [0.15, 0.2) is 23.1 Å². The Morgan fingerprint density at radius 3 is 2.48 bits per heavy atom. The summed E-state index contributed by atoms with van der Waals surface area (Å²) in [6, 6.07) is 2.00. The van der Waals surface area contributed by atoms with Crippen LogP contribution in [0.3, 0.4) is 0 Å². The van der Waals surface area contributed by atoms with E-state index in [0.717, 1.165) is 18.2 Å². The van der Waals surface area contributed by atoms with Gasteiger partial charge in [-0.2, -0.15) is 0 Å². The molecule has 0 saturated carbocycles. The van der Waals surface area contributed by atoms with Crippen LogP contribution in [0.4, 0.5) is 8.78 Å². The maximum atomic E-state index is 13.5. The van der Waals surface area contributed by atoms with Crippen LogP contribution in [0, 0.1) is 17.6 Å². The quantitative estimate of drug-likeness (QED) is 0.742. The minimum atomic E-state index is -4.40. The first-order valence-corrected chi connectivity index (χ1v) is 7.69. The van der Waals surface area contributed by atoms with Crippen LogP contribution in [-0.2, 0) is 14.8 Å². The molecule has 1 fully saturated rings. The summed E-state index contributed by atoms with van der Waals surface area (Å²) in [6.45, 7) is 0.417. The molecule has 1 heterocycles. The number of carboxylic acids is 1. The van der Waals surface area contributed by atoms with Gasteiger partial charge in [0.1, 0.15) is 11.6 Å². The Morgan fingerprint density at radius 1 is 1.29 bits per heavy atom. The van der Waals surface area contributed by atoms with Crippen molar-refractivity contribution in [2.45, 2.75) is 17.4 Å². The number of nitrogens with one attached hydrogen (secondary N) is 2. The van der Waals surface area contributed by atoms with Gasteiger partial charge in [-0.15, -0.1) is 0 Å². The molecule has 1 aromatic rings. The third-order valence-electron chi connectivity index (χ3n) is 3.21. The molecule has 2 atom stereocenters. The van der Waals surface area contributed by atoms with E-state index in [2.05, 4.69) is 10.0 Å². The van der Waals surface area contributed by atoms with E-state index in [4.69, 9.17) is 5.11 Å². The van der Waals surface area contributed by atoms with Gasteiger partial charge < -0.3 is 10.4 Å². The van der Waals surface area contributed by atoms with Gasteiger partial charge in [0.2, 0.25) is 10.0 Å². The lowest BCUT2D eigenvalue weighted by Gasteiger charge is -2.28. The van der Waals surface area contributed by atoms with Crippen molar-refractivity contribution in [1.82, 2.24) is 10.0 Å². The molecule has 0 aliphatic carbocycles. The van der Waals surface area contributed by atoms with Gasteiger partial charge in [-0.25, -0.2) is 21.9 Å². The van der Waals surface area contributed by atoms with E-state index in [1.165, 1.54) is 0 Å². The summed E-state index contributed by atoms with van der Waals surface area (Å²) in [7, 11) is -4.40. The van der Waals surface area contributed by atoms with Crippen molar-refractivity contribution >= 4 is 16.0 Å². The van der Waals surface area contributed by atoms with E-state index in [1.807, 2.05) is 0 Å². The lowest BCUT2D eigenvalue weighted by Crippen LogP contribution is -2.50. The fourth-order valence-corrected chi connectivity index (χ4v) is 3.62. The molecule has 0 spiro atoms. The van der Waals surface area contributed by atoms with Gasteiger partial charge in [-0.3, -0.25) is 4.79 Å². The lowest BCUT2D eigenvalue weighted by molar-refractivity contribution is -0.142. The molecular weight excluding hydrogens is 306 g/mol. The first-order chi connectivity index (χ1) is 9.81. The first-order valence-electron chi connectivity index (χ1n) is 6.21. The Labute approximate surface area is 120 Å². The smallest absolute Gasteiger partial charge is 0.307 e. The molecule has 1 saturated heterocycles. The summed E-state index contributed by atoms with van der Waals surface area (Å²) in [5.74, 6) is -4.19. The Hall–Kier alpha value is -1.58. The van der Waals surface area contributed by atoms with Crippen LogP contribution in [0.1, 0.15) is 6.42 Å². The molecular formula is C12H14F2N2O4S. The molecule has 6 nitrogen and oxygen atoms in total. The Balaban J connectivity index is 2.20. The van der Waals surface area contributed by atoms with E-state index in [9.17, 15) is 22.0 Å². The number of aliphatic carboxylic acids is 1. The standard InChI is InChI=1S/C12H14F2N2O4S/c13-9-2-1-3-10(14)11(9)21(19,20)16-8-4-7(12(17)18)5-15-6-8/h1-3,7-8,15-16H,4-6H2,(H,17,18). The number of hydrogen-bond donors (Lipinski definition) is 3. The van der Waals surface area contributed by atoms with E-state index in [1.54, 1.807) is 0 Å². The van der Waals surface area contributed by atoms with Crippen LogP contribution in [0.2, 0.25) is 0 Å². The number of benzene rings is 1. The molecule has 0 amide bonds. The van der Waals surface area contributed by atoms with Crippen LogP contribution in [-0.4, -0.2) is 38.6 Å². The van der Waals surface area contributed by atoms with Gasteiger partial charge in [0, 0.05) is 19.1 Å². The maximum absolute atomic E-state index is 13.5. The minimum Gasteiger partial charge on any atom is -0.481 e. The number of sulfonamides is 1. The number of carbonyl (C=O) groups is 1. The number of hydrogen-bond acceptors (Lipinski definition) is 4. The highest BCUT2D eigenvalue weighted by Gasteiger charge is 2.32. The molecule has 2 rings (SSSR count). The van der Waals surface area contributed by atoms with Crippen LogP contribution >= 0.6 is 0 Å². The third-order valence-corrected chi connectivity index (χ3v) is 4.78. The lowest BCUT2D eigenvalue weighted by atomic mass is 9.97. The number of carboxylic acid groups (broad SMARTS) is 1.